The van der Waals surface area contributed by atoms with Gasteiger partial charge in [0.15, 0.2) is 11.6 Å². The Balaban J connectivity index is 2.19. The van der Waals surface area contributed by atoms with E-state index in [9.17, 15) is 9.65 Å². The molecule has 1 aromatic carbocycles. The summed E-state index contributed by atoms with van der Waals surface area (Å²) in [6, 6.07) is 7.31. The minimum Gasteiger partial charge on any atom is -0.494 e. The molecule has 17 heavy (non-hydrogen) atoms. The molecule has 0 radical (unpaired) electrons. The highest BCUT2D eigenvalue weighted by Crippen LogP contribution is 2.40. The van der Waals surface area contributed by atoms with Crippen LogP contribution in [0.25, 0.3) is 0 Å². The molecule has 0 bridgehead atoms. The highest BCUT2D eigenvalue weighted by Gasteiger charge is 2.35. The predicted octanol–water partition coefficient (Wildman–Crippen LogP) is 3.17. The number of ether oxygens (including phenoxy) is 1. The first-order chi connectivity index (χ1) is 8.19. The minimum atomic E-state index is -0.360. The van der Waals surface area contributed by atoms with Gasteiger partial charge in [0.2, 0.25) is 0 Å². The fourth-order valence-electron chi connectivity index (χ4n) is 2.11. The van der Waals surface area contributed by atoms with Crippen molar-refractivity contribution in [1.29, 1.82) is 5.26 Å². The highest BCUT2D eigenvalue weighted by atomic mass is 32.2. The first-order valence-corrected chi connectivity index (χ1v) is 6.55. The van der Waals surface area contributed by atoms with Crippen LogP contribution >= 0.6 is 11.8 Å². The van der Waals surface area contributed by atoms with Crippen molar-refractivity contribution >= 4 is 11.8 Å². The molecule has 1 saturated heterocycles. The van der Waals surface area contributed by atoms with Gasteiger partial charge in [-0.25, -0.2) is 4.39 Å². The van der Waals surface area contributed by atoms with Crippen LogP contribution in [-0.2, 0) is 6.42 Å². The molecule has 0 saturated carbocycles. The summed E-state index contributed by atoms with van der Waals surface area (Å²) in [7, 11) is 1.45. The second-order valence-electron chi connectivity index (χ2n) is 4.20. The quantitative estimate of drug-likeness (QED) is 0.827. The molecule has 1 atom stereocenters. The minimum absolute atomic E-state index is 0.249. The molecular formula is C13H14FNOS. The SMILES string of the molecule is COc1ccc(CC2(C#N)CCCS2)cc1F. The Morgan fingerprint density at radius 1 is 1.59 bits per heavy atom. The summed E-state index contributed by atoms with van der Waals surface area (Å²) in [5.74, 6) is 0.909. The van der Waals surface area contributed by atoms with Gasteiger partial charge in [0.05, 0.1) is 13.2 Å². The molecule has 1 aliphatic heterocycles. The van der Waals surface area contributed by atoms with Crippen LogP contribution in [0.15, 0.2) is 18.2 Å². The van der Waals surface area contributed by atoms with Crippen LogP contribution in [0.1, 0.15) is 18.4 Å². The van der Waals surface area contributed by atoms with E-state index < -0.39 is 0 Å². The van der Waals surface area contributed by atoms with E-state index in [1.165, 1.54) is 13.2 Å². The standard InChI is InChI=1S/C13H14FNOS/c1-16-12-4-3-10(7-11(12)14)8-13(9-15)5-2-6-17-13/h3-4,7H,2,5-6,8H2,1H3. The summed E-state index contributed by atoms with van der Waals surface area (Å²) >= 11 is 1.69. The number of benzene rings is 1. The molecule has 0 N–H and O–H groups in total. The van der Waals surface area contributed by atoms with Crippen molar-refractivity contribution in [3.63, 3.8) is 0 Å². The summed E-state index contributed by atoms with van der Waals surface area (Å²) in [6.45, 7) is 0. The van der Waals surface area contributed by atoms with E-state index >= 15 is 0 Å². The second-order valence-corrected chi connectivity index (χ2v) is 5.68. The van der Waals surface area contributed by atoms with Gasteiger partial charge in [0.1, 0.15) is 4.75 Å². The first kappa shape index (κ1) is 12.3. The fraction of sp³-hybridized carbons (Fsp3) is 0.462. The topological polar surface area (TPSA) is 33.0 Å². The number of thioether (sulfide) groups is 1. The summed E-state index contributed by atoms with van der Waals surface area (Å²) in [6.07, 6.45) is 2.56. The lowest BCUT2D eigenvalue weighted by atomic mass is 9.95. The molecule has 1 aliphatic rings. The maximum Gasteiger partial charge on any atom is 0.165 e. The van der Waals surface area contributed by atoms with Gasteiger partial charge in [-0.05, 0) is 36.3 Å². The number of halogens is 1. The predicted molar refractivity (Wildman–Crippen MR) is 66.7 cm³/mol. The van der Waals surface area contributed by atoms with E-state index in [4.69, 9.17) is 4.74 Å². The maximum atomic E-state index is 13.5. The van der Waals surface area contributed by atoms with Crippen LogP contribution in [0.5, 0.6) is 5.75 Å². The van der Waals surface area contributed by atoms with Crippen molar-refractivity contribution in [1.82, 2.24) is 0 Å². The van der Waals surface area contributed by atoms with E-state index in [1.807, 2.05) is 6.07 Å². The van der Waals surface area contributed by atoms with Crippen LogP contribution in [0.3, 0.4) is 0 Å². The van der Waals surface area contributed by atoms with Crippen molar-refractivity contribution in [3.8, 4) is 11.8 Å². The lowest BCUT2D eigenvalue weighted by molar-refractivity contribution is 0.386. The zero-order valence-electron chi connectivity index (χ0n) is 9.70. The number of methoxy groups -OCH3 is 1. The van der Waals surface area contributed by atoms with Crippen LogP contribution < -0.4 is 4.74 Å². The molecule has 90 valence electrons. The molecule has 2 nitrogen and oxygen atoms in total. The Morgan fingerprint density at radius 3 is 2.94 bits per heavy atom. The first-order valence-electron chi connectivity index (χ1n) is 5.57. The number of hydrogen-bond acceptors (Lipinski definition) is 3. The lowest BCUT2D eigenvalue weighted by Crippen LogP contribution is -2.21. The van der Waals surface area contributed by atoms with Gasteiger partial charge in [-0.2, -0.15) is 5.26 Å². The van der Waals surface area contributed by atoms with Crippen LogP contribution in [0.2, 0.25) is 0 Å². The Hall–Kier alpha value is -1.21. The summed E-state index contributed by atoms with van der Waals surface area (Å²) in [4.78, 5) is 0. The average molecular weight is 251 g/mol. The second kappa shape index (κ2) is 4.97. The molecule has 1 unspecified atom stereocenters. The average Bonchev–Trinajstić information content (AvgIpc) is 2.79. The Bertz CT molecular complexity index is 449. The molecule has 0 spiro atoms. The molecule has 1 aromatic rings. The third-order valence-electron chi connectivity index (χ3n) is 3.01. The molecule has 0 amide bonds. The van der Waals surface area contributed by atoms with Crippen molar-refractivity contribution in [2.75, 3.05) is 12.9 Å². The number of hydrogen-bond donors (Lipinski definition) is 0. The van der Waals surface area contributed by atoms with Gasteiger partial charge in [0.25, 0.3) is 0 Å². The van der Waals surface area contributed by atoms with Crippen molar-refractivity contribution < 1.29 is 9.13 Å². The Labute approximate surface area is 105 Å². The molecule has 0 aromatic heterocycles. The van der Waals surface area contributed by atoms with Crippen LogP contribution in [0, 0.1) is 17.1 Å². The monoisotopic (exact) mass is 251 g/mol. The molecule has 4 heteroatoms. The van der Waals surface area contributed by atoms with E-state index in [-0.39, 0.29) is 16.3 Å². The largest absolute Gasteiger partial charge is 0.494 e. The van der Waals surface area contributed by atoms with Crippen LogP contribution in [-0.4, -0.2) is 17.6 Å². The van der Waals surface area contributed by atoms with E-state index in [1.54, 1.807) is 17.8 Å². The smallest absolute Gasteiger partial charge is 0.165 e. The van der Waals surface area contributed by atoms with Gasteiger partial charge in [-0.3, -0.25) is 0 Å². The Kier molecular flexibility index (Phi) is 3.58. The molecule has 0 aliphatic carbocycles. The normalized spacial score (nSPS) is 23.4. The summed E-state index contributed by atoms with van der Waals surface area (Å²) in [5, 5.41) is 9.26. The molecule has 1 fully saturated rings. The lowest BCUT2D eigenvalue weighted by Gasteiger charge is -2.19. The van der Waals surface area contributed by atoms with E-state index in [0.29, 0.717) is 6.42 Å². The number of nitrogens with zero attached hydrogens (tertiary/aromatic N) is 1. The third-order valence-corrected chi connectivity index (χ3v) is 4.50. The van der Waals surface area contributed by atoms with Crippen molar-refractivity contribution in [2.45, 2.75) is 24.0 Å². The third kappa shape index (κ3) is 2.55. The summed E-state index contributed by atoms with van der Waals surface area (Å²) < 4.78 is 18.1. The van der Waals surface area contributed by atoms with E-state index in [2.05, 4.69) is 6.07 Å². The van der Waals surface area contributed by atoms with Crippen LogP contribution in [0.4, 0.5) is 4.39 Å². The van der Waals surface area contributed by atoms with E-state index in [0.717, 1.165) is 24.2 Å². The molecule has 1 heterocycles. The zero-order chi connectivity index (χ0) is 12.3. The van der Waals surface area contributed by atoms with Gasteiger partial charge < -0.3 is 4.74 Å². The maximum absolute atomic E-state index is 13.5. The van der Waals surface area contributed by atoms with Crippen molar-refractivity contribution in [2.24, 2.45) is 0 Å². The zero-order valence-corrected chi connectivity index (χ0v) is 10.5. The van der Waals surface area contributed by atoms with Gasteiger partial charge >= 0.3 is 0 Å². The summed E-state index contributed by atoms with van der Waals surface area (Å²) in [5.41, 5.74) is 0.860. The van der Waals surface area contributed by atoms with Gasteiger partial charge in [-0.1, -0.05) is 6.07 Å². The fourth-order valence-corrected chi connectivity index (χ4v) is 3.42. The Morgan fingerprint density at radius 2 is 2.41 bits per heavy atom. The number of nitriles is 1. The molecular weight excluding hydrogens is 237 g/mol. The number of rotatable bonds is 3. The van der Waals surface area contributed by atoms with Gasteiger partial charge in [-0.15, -0.1) is 11.8 Å². The van der Waals surface area contributed by atoms with Crippen molar-refractivity contribution in [3.05, 3.63) is 29.6 Å². The van der Waals surface area contributed by atoms with Gasteiger partial charge in [0, 0.05) is 6.42 Å². The highest BCUT2D eigenvalue weighted by molar-refractivity contribution is 8.01. The molecule has 2 rings (SSSR count).